The van der Waals surface area contributed by atoms with E-state index in [1.54, 1.807) is 6.26 Å². The van der Waals surface area contributed by atoms with E-state index >= 15 is 0 Å². The molecule has 0 saturated carbocycles. The van der Waals surface area contributed by atoms with E-state index in [0.717, 1.165) is 6.42 Å². The first kappa shape index (κ1) is 33.1. The molecule has 2 nitrogen and oxygen atoms in total. The van der Waals surface area contributed by atoms with E-state index in [1.165, 1.54) is 27.8 Å². The van der Waals surface area contributed by atoms with Gasteiger partial charge in [0.15, 0.2) is 0 Å². The molecule has 36 heavy (non-hydrogen) atoms. The second-order valence-electron chi connectivity index (χ2n) is 7.26. The van der Waals surface area contributed by atoms with Crippen molar-refractivity contribution in [2.24, 2.45) is 0 Å². The van der Waals surface area contributed by atoms with Crippen LogP contribution in [-0.4, -0.2) is 20.8 Å². The van der Waals surface area contributed by atoms with Crippen molar-refractivity contribution in [2.75, 3.05) is 6.26 Å². The number of nitrogens with zero attached hydrogens (tertiary/aromatic N) is 2. The van der Waals surface area contributed by atoms with Gasteiger partial charge in [0, 0.05) is 24.8 Å². The van der Waals surface area contributed by atoms with Crippen molar-refractivity contribution in [3.05, 3.63) is 134 Å². The Labute approximate surface area is 233 Å². The van der Waals surface area contributed by atoms with Crippen molar-refractivity contribution in [3.63, 3.8) is 0 Å². The first-order valence-corrected chi connectivity index (χ1v) is 13.4. The molecule has 0 fully saturated rings. The minimum atomic E-state index is 1.08. The average Bonchev–Trinajstić information content (AvgIpc) is 2.97. The van der Waals surface area contributed by atoms with Gasteiger partial charge in [-0.15, -0.1) is 6.58 Å². The summed E-state index contributed by atoms with van der Waals surface area (Å²) in [5.74, 6) is 0. The predicted octanol–water partition coefficient (Wildman–Crippen LogP) is 8.54. The van der Waals surface area contributed by atoms with E-state index in [4.69, 9.17) is 0 Å². The molecule has 4 aromatic rings. The fourth-order valence-electron chi connectivity index (χ4n) is 2.47. The Bertz CT molecular complexity index is 914. The fraction of sp³-hybridized carbons (Fsp3) is 0.156. The molecule has 0 N–H and O–H groups in total. The molecular weight excluding hydrogens is 546 g/mol. The zero-order chi connectivity index (χ0) is 26.9. The van der Waals surface area contributed by atoms with Crippen LogP contribution in [0.25, 0.3) is 22.3 Å². The Hall–Kier alpha value is -2.94. The molecule has 0 atom stereocenters. The van der Waals surface area contributed by atoms with Gasteiger partial charge in [-0.3, -0.25) is 9.97 Å². The first-order chi connectivity index (χ1) is 17.6. The molecule has 0 aliphatic heterocycles. The SMILES string of the molecule is C=CCC.CC(C)=C[CH]=[Ru+].C[S-].c1ccc(-c2ccncc2)cc1.c1ccc(-c2ccncc2)cc1. The number of benzene rings is 2. The van der Waals surface area contributed by atoms with Crippen LogP contribution < -0.4 is 0 Å². The van der Waals surface area contributed by atoms with Crippen LogP contribution in [-0.2, 0) is 30.5 Å². The van der Waals surface area contributed by atoms with E-state index in [-0.39, 0.29) is 0 Å². The summed E-state index contributed by atoms with van der Waals surface area (Å²) in [5.41, 5.74) is 6.24. The molecule has 2 aromatic heterocycles. The quantitative estimate of drug-likeness (QED) is 0.137. The molecule has 0 amide bonds. The summed E-state index contributed by atoms with van der Waals surface area (Å²) in [6.45, 7) is 9.69. The van der Waals surface area contributed by atoms with E-state index in [1.807, 2.05) is 96.1 Å². The van der Waals surface area contributed by atoms with Gasteiger partial charge in [0.05, 0.1) is 0 Å². The van der Waals surface area contributed by atoms with Crippen LogP contribution in [0.1, 0.15) is 27.2 Å². The number of hydrogen-bond acceptors (Lipinski definition) is 3. The molecule has 0 aliphatic rings. The van der Waals surface area contributed by atoms with Crippen molar-refractivity contribution in [3.8, 4) is 22.3 Å². The van der Waals surface area contributed by atoms with Gasteiger partial charge in [-0.1, -0.05) is 73.7 Å². The van der Waals surface area contributed by atoms with E-state index < -0.39 is 0 Å². The van der Waals surface area contributed by atoms with Gasteiger partial charge in [0.25, 0.3) is 0 Å². The van der Waals surface area contributed by atoms with E-state index in [9.17, 15) is 0 Å². The number of pyridine rings is 2. The third-order valence-electron chi connectivity index (χ3n) is 4.26. The van der Waals surface area contributed by atoms with Gasteiger partial charge in [0.2, 0.25) is 0 Å². The zero-order valence-electron chi connectivity index (χ0n) is 21.7. The molecule has 0 aliphatic carbocycles. The van der Waals surface area contributed by atoms with E-state index in [2.05, 4.69) is 98.1 Å². The van der Waals surface area contributed by atoms with Gasteiger partial charge in [0.1, 0.15) is 0 Å². The zero-order valence-corrected chi connectivity index (χ0v) is 24.2. The van der Waals surface area contributed by atoms with Crippen molar-refractivity contribution in [1.29, 1.82) is 0 Å². The largest absolute Gasteiger partial charge is 0.796 e. The average molecular weight is 583 g/mol. The van der Waals surface area contributed by atoms with Crippen molar-refractivity contribution >= 4 is 17.2 Å². The van der Waals surface area contributed by atoms with Crippen LogP contribution in [0, 0.1) is 0 Å². The van der Waals surface area contributed by atoms with Crippen molar-refractivity contribution in [1.82, 2.24) is 9.97 Å². The van der Waals surface area contributed by atoms with Crippen LogP contribution in [0.3, 0.4) is 0 Å². The summed E-state index contributed by atoms with van der Waals surface area (Å²) in [7, 11) is 0. The summed E-state index contributed by atoms with van der Waals surface area (Å²) in [6.07, 6.45) is 13.8. The number of rotatable bonds is 4. The third kappa shape index (κ3) is 16.7. The summed E-state index contributed by atoms with van der Waals surface area (Å²) >= 11 is 6.53. The minimum absolute atomic E-state index is 1.08. The van der Waals surface area contributed by atoms with E-state index in [0.29, 0.717) is 0 Å². The molecule has 0 saturated heterocycles. The third-order valence-corrected chi connectivity index (χ3v) is 4.55. The molecule has 0 unspecified atom stereocenters. The maximum Gasteiger partial charge on any atom is 0.0273 e. The normalized spacial score (nSPS) is 8.47. The smallest absolute Gasteiger partial charge is 0.0273 e. The monoisotopic (exact) mass is 583 g/mol. The van der Waals surface area contributed by atoms with Gasteiger partial charge in [-0.2, -0.15) is 6.26 Å². The molecule has 0 bridgehead atoms. The van der Waals surface area contributed by atoms with Crippen LogP contribution >= 0.6 is 0 Å². The second-order valence-corrected chi connectivity index (χ2v) is 7.84. The molecule has 2 heterocycles. The topological polar surface area (TPSA) is 25.8 Å². The first-order valence-electron chi connectivity index (χ1n) is 11.6. The fourth-order valence-corrected chi connectivity index (χ4v) is 3.05. The summed E-state index contributed by atoms with van der Waals surface area (Å²) < 4.78 is 1.97. The number of hydrogen-bond donors (Lipinski definition) is 0. The Kier molecular flexibility index (Phi) is 21.8. The second kappa shape index (κ2) is 23.8. The van der Waals surface area contributed by atoms with Crippen LogP contribution in [0.4, 0.5) is 0 Å². The summed E-state index contributed by atoms with van der Waals surface area (Å²) in [5, 5.41) is 0. The maximum atomic E-state index is 4.08. The Morgan fingerprint density at radius 3 is 1.22 bits per heavy atom. The van der Waals surface area contributed by atoms with Crippen molar-refractivity contribution < 1.29 is 17.9 Å². The molecule has 4 heteroatoms. The molecule has 2 aromatic carbocycles. The molecule has 0 radical (unpaired) electrons. The number of allylic oxidation sites excluding steroid dienone is 3. The standard InChI is InChI=1S/2C11H9N.C5H8.C4H8.CH4S.Ru/c2*1-2-4-10(5-3-1)11-6-8-12-9-7-11;1-4-5(2)3;1-3-4-2;1-2;/h2*1-9H;1,4H,2-3H3;3H,1,4H2,2H3;2H,1H3;/q;;;;;+1/p-1. The van der Waals surface area contributed by atoms with Crippen molar-refractivity contribution in [2.45, 2.75) is 27.2 Å². The van der Waals surface area contributed by atoms with Gasteiger partial charge in [-0.05, 0) is 52.9 Å². The Balaban J connectivity index is 0.000000481. The van der Waals surface area contributed by atoms with Gasteiger partial charge >= 0.3 is 48.0 Å². The predicted molar refractivity (Wildman–Crippen MR) is 159 cm³/mol. The van der Waals surface area contributed by atoms with Crippen LogP contribution in [0.2, 0.25) is 0 Å². The number of aromatic nitrogens is 2. The Morgan fingerprint density at radius 1 is 0.694 bits per heavy atom. The maximum absolute atomic E-state index is 4.08. The van der Waals surface area contributed by atoms with Gasteiger partial charge < -0.3 is 12.6 Å². The molecule has 4 rings (SSSR count). The Morgan fingerprint density at radius 2 is 1.00 bits per heavy atom. The van der Waals surface area contributed by atoms with Crippen LogP contribution in [0.15, 0.2) is 134 Å². The summed E-state index contributed by atoms with van der Waals surface area (Å²) in [6, 6.07) is 28.6. The molecule has 0 spiro atoms. The van der Waals surface area contributed by atoms with Crippen LogP contribution in [0.5, 0.6) is 0 Å². The molecular formula is C32H37N2RuS. The summed E-state index contributed by atoms with van der Waals surface area (Å²) in [4.78, 5) is 7.94. The van der Waals surface area contributed by atoms with Gasteiger partial charge in [-0.25, -0.2) is 0 Å². The molecule has 189 valence electrons. The minimum Gasteiger partial charge on any atom is -0.796 e.